The highest BCUT2D eigenvalue weighted by Crippen LogP contribution is 2.29. The van der Waals surface area contributed by atoms with Gasteiger partial charge in [-0.1, -0.05) is 42.0 Å². The Kier molecular flexibility index (Phi) is 6.09. The zero-order valence-corrected chi connectivity index (χ0v) is 16.0. The number of nitrogens with one attached hydrogen (secondary N) is 1. The van der Waals surface area contributed by atoms with E-state index in [0.29, 0.717) is 11.4 Å². The Balaban J connectivity index is 1.59. The maximum atomic E-state index is 12.2. The van der Waals surface area contributed by atoms with Gasteiger partial charge in [0.15, 0.2) is 6.61 Å². The Labute approximate surface area is 168 Å². The van der Waals surface area contributed by atoms with E-state index in [2.05, 4.69) is 29.6 Å². The van der Waals surface area contributed by atoms with Crippen molar-refractivity contribution in [3.8, 4) is 22.6 Å². The number of carbonyl (C=O) groups is 1. The average Bonchev–Trinajstić information content (AvgIpc) is 2.73. The second-order valence-corrected chi connectivity index (χ2v) is 6.37. The Morgan fingerprint density at radius 2 is 1.62 bits per heavy atom. The van der Waals surface area contributed by atoms with Crippen molar-refractivity contribution in [2.24, 2.45) is 0 Å². The van der Waals surface area contributed by atoms with Gasteiger partial charge in [-0.3, -0.25) is 14.9 Å². The Hall–Kier alpha value is -3.87. The first-order valence-corrected chi connectivity index (χ1v) is 8.88. The molecule has 0 aliphatic carbocycles. The molecule has 0 saturated heterocycles. The number of carbonyl (C=O) groups excluding carboxylic acids is 1. The van der Waals surface area contributed by atoms with E-state index >= 15 is 0 Å². The van der Waals surface area contributed by atoms with Gasteiger partial charge in [-0.15, -0.1) is 0 Å². The second-order valence-electron chi connectivity index (χ2n) is 6.37. The number of nitro groups is 1. The lowest BCUT2D eigenvalue weighted by molar-refractivity contribution is -0.384. The molecule has 0 fully saturated rings. The van der Waals surface area contributed by atoms with Crippen LogP contribution < -0.4 is 14.8 Å². The fourth-order valence-electron chi connectivity index (χ4n) is 2.72. The van der Waals surface area contributed by atoms with Gasteiger partial charge in [-0.05, 0) is 36.2 Å². The number of methoxy groups -OCH3 is 1. The van der Waals surface area contributed by atoms with E-state index in [1.54, 1.807) is 12.1 Å². The molecule has 3 aromatic carbocycles. The number of rotatable bonds is 7. The summed E-state index contributed by atoms with van der Waals surface area (Å²) in [4.78, 5) is 22.5. The SMILES string of the molecule is COc1cc([N+](=O)[O-])ccc1NC(=O)COc1ccc(-c2ccc(C)cc2)cc1. The van der Waals surface area contributed by atoms with Crippen LogP contribution in [-0.4, -0.2) is 24.5 Å². The third-order valence-corrected chi connectivity index (χ3v) is 4.28. The molecule has 7 heteroatoms. The zero-order valence-electron chi connectivity index (χ0n) is 16.0. The highest BCUT2D eigenvalue weighted by molar-refractivity contribution is 5.93. The predicted octanol–water partition coefficient (Wildman–Crippen LogP) is 4.60. The summed E-state index contributed by atoms with van der Waals surface area (Å²) in [6.07, 6.45) is 0. The van der Waals surface area contributed by atoms with Crippen molar-refractivity contribution in [3.63, 3.8) is 0 Å². The zero-order chi connectivity index (χ0) is 20.8. The molecule has 29 heavy (non-hydrogen) atoms. The summed E-state index contributed by atoms with van der Waals surface area (Å²) in [5, 5.41) is 13.5. The maximum Gasteiger partial charge on any atom is 0.273 e. The van der Waals surface area contributed by atoms with Crippen molar-refractivity contribution < 1.29 is 19.2 Å². The summed E-state index contributed by atoms with van der Waals surface area (Å²) >= 11 is 0. The van der Waals surface area contributed by atoms with E-state index in [1.165, 1.54) is 30.9 Å². The monoisotopic (exact) mass is 392 g/mol. The maximum absolute atomic E-state index is 12.2. The van der Waals surface area contributed by atoms with Crippen molar-refractivity contribution in [2.45, 2.75) is 6.92 Å². The van der Waals surface area contributed by atoms with Crippen LogP contribution in [0.4, 0.5) is 11.4 Å². The van der Waals surface area contributed by atoms with Gasteiger partial charge < -0.3 is 14.8 Å². The number of anilines is 1. The third kappa shape index (κ3) is 5.10. The topological polar surface area (TPSA) is 90.7 Å². The summed E-state index contributed by atoms with van der Waals surface area (Å²) in [5.41, 5.74) is 3.57. The van der Waals surface area contributed by atoms with Gasteiger partial charge in [0.2, 0.25) is 0 Å². The first-order chi connectivity index (χ1) is 14.0. The first kappa shape index (κ1) is 19.9. The van der Waals surface area contributed by atoms with Crippen LogP contribution in [0.15, 0.2) is 66.7 Å². The van der Waals surface area contributed by atoms with Gasteiger partial charge in [0.25, 0.3) is 11.6 Å². The highest BCUT2D eigenvalue weighted by Gasteiger charge is 2.13. The minimum atomic E-state index is -0.530. The molecule has 148 valence electrons. The van der Waals surface area contributed by atoms with Crippen molar-refractivity contribution in [3.05, 3.63) is 82.4 Å². The molecule has 0 bridgehead atoms. The number of hydrogen-bond donors (Lipinski definition) is 1. The lowest BCUT2D eigenvalue weighted by atomic mass is 10.0. The van der Waals surface area contributed by atoms with E-state index < -0.39 is 10.8 Å². The Bertz CT molecular complexity index is 1010. The van der Waals surface area contributed by atoms with Crippen molar-refractivity contribution in [2.75, 3.05) is 19.0 Å². The summed E-state index contributed by atoms with van der Waals surface area (Å²) in [6, 6.07) is 19.6. The van der Waals surface area contributed by atoms with Crippen molar-refractivity contribution >= 4 is 17.3 Å². The molecular weight excluding hydrogens is 372 g/mol. The number of nitro benzene ring substituents is 1. The van der Waals surface area contributed by atoms with E-state index in [4.69, 9.17) is 9.47 Å². The number of amides is 1. The second kappa shape index (κ2) is 8.88. The fraction of sp³-hybridized carbons (Fsp3) is 0.136. The number of ether oxygens (including phenoxy) is 2. The molecule has 3 aromatic rings. The molecule has 0 aromatic heterocycles. The first-order valence-electron chi connectivity index (χ1n) is 8.88. The molecule has 7 nitrogen and oxygen atoms in total. The van der Waals surface area contributed by atoms with Crippen LogP contribution in [0.2, 0.25) is 0 Å². The molecule has 1 N–H and O–H groups in total. The molecule has 1 amide bonds. The summed E-state index contributed by atoms with van der Waals surface area (Å²) in [6.45, 7) is 1.84. The number of hydrogen-bond acceptors (Lipinski definition) is 5. The van der Waals surface area contributed by atoms with Gasteiger partial charge in [0, 0.05) is 6.07 Å². The quantitative estimate of drug-likeness (QED) is 0.469. The number of aryl methyl sites for hydroxylation is 1. The summed E-state index contributed by atoms with van der Waals surface area (Å²) in [7, 11) is 1.38. The molecule has 0 aliphatic heterocycles. The Morgan fingerprint density at radius 1 is 1.00 bits per heavy atom. The van der Waals surface area contributed by atoms with Crippen LogP contribution in [-0.2, 0) is 4.79 Å². The van der Waals surface area contributed by atoms with Crippen LogP contribution in [0.1, 0.15) is 5.56 Å². The van der Waals surface area contributed by atoms with Crippen LogP contribution in [0.3, 0.4) is 0 Å². The fourth-order valence-corrected chi connectivity index (χ4v) is 2.72. The van der Waals surface area contributed by atoms with Gasteiger partial charge in [0.1, 0.15) is 11.5 Å². The average molecular weight is 392 g/mol. The predicted molar refractivity (Wildman–Crippen MR) is 110 cm³/mol. The van der Waals surface area contributed by atoms with Gasteiger partial charge >= 0.3 is 0 Å². The molecule has 3 rings (SSSR count). The smallest absolute Gasteiger partial charge is 0.273 e. The van der Waals surface area contributed by atoms with Gasteiger partial charge in [0.05, 0.1) is 23.8 Å². The third-order valence-electron chi connectivity index (χ3n) is 4.28. The summed E-state index contributed by atoms with van der Waals surface area (Å²) < 4.78 is 10.6. The summed E-state index contributed by atoms with van der Waals surface area (Å²) in [5.74, 6) is 0.362. The molecule has 0 radical (unpaired) electrons. The molecule has 0 atom stereocenters. The highest BCUT2D eigenvalue weighted by atomic mass is 16.6. The minimum absolute atomic E-state index is 0.121. The van der Waals surface area contributed by atoms with E-state index in [9.17, 15) is 14.9 Å². The standard InChI is InChI=1S/C22H20N2O5/c1-15-3-5-16(6-4-15)17-7-10-19(11-8-17)29-14-22(25)23-20-12-9-18(24(26)27)13-21(20)28-2/h3-13H,14H2,1-2H3,(H,23,25). The normalized spacial score (nSPS) is 10.3. The minimum Gasteiger partial charge on any atom is -0.494 e. The molecule has 0 aliphatic rings. The molecule has 0 saturated carbocycles. The molecule has 0 unspecified atom stereocenters. The van der Waals surface area contributed by atoms with Gasteiger partial charge in [-0.2, -0.15) is 0 Å². The van der Waals surface area contributed by atoms with E-state index in [0.717, 1.165) is 11.1 Å². The van der Waals surface area contributed by atoms with Crippen LogP contribution in [0, 0.1) is 17.0 Å². The van der Waals surface area contributed by atoms with Crippen molar-refractivity contribution in [1.29, 1.82) is 0 Å². The van der Waals surface area contributed by atoms with E-state index in [1.807, 2.05) is 19.1 Å². The van der Waals surface area contributed by atoms with Crippen molar-refractivity contribution in [1.82, 2.24) is 0 Å². The number of benzene rings is 3. The van der Waals surface area contributed by atoms with E-state index in [-0.39, 0.29) is 18.0 Å². The largest absolute Gasteiger partial charge is 0.494 e. The van der Waals surface area contributed by atoms with Crippen LogP contribution in [0.25, 0.3) is 11.1 Å². The number of non-ortho nitro benzene ring substituents is 1. The number of nitrogens with zero attached hydrogens (tertiary/aromatic N) is 1. The van der Waals surface area contributed by atoms with Crippen LogP contribution >= 0.6 is 0 Å². The molecule has 0 heterocycles. The molecule has 0 spiro atoms. The Morgan fingerprint density at radius 3 is 2.21 bits per heavy atom. The van der Waals surface area contributed by atoms with Crippen LogP contribution in [0.5, 0.6) is 11.5 Å². The van der Waals surface area contributed by atoms with Gasteiger partial charge in [-0.25, -0.2) is 0 Å². The lowest BCUT2D eigenvalue weighted by Gasteiger charge is -2.11. The molecular formula is C22H20N2O5. The lowest BCUT2D eigenvalue weighted by Crippen LogP contribution is -2.20.